The number of benzene rings is 2. The van der Waals surface area contributed by atoms with Crippen molar-refractivity contribution in [1.29, 1.82) is 0 Å². The van der Waals surface area contributed by atoms with Crippen molar-refractivity contribution in [1.82, 2.24) is 0 Å². The van der Waals surface area contributed by atoms with Gasteiger partial charge in [0.2, 0.25) is 0 Å². The van der Waals surface area contributed by atoms with Crippen molar-refractivity contribution in [3.8, 4) is 23.0 Å². The van der Waals surface area contributed by atoms with Gasteiger partial charge in [0.25, 0.3) is 0 Å². The van der Waals surface area contributed by atoms with Crippen LogP contribution in [0.3, 0.4) is 0 Å². The SMILES string of the molecule is CCC(CCCc1ccc(OC)c(OC)c1)c1ccc(OC)c(OC)c1. The molecule has 1 atom stereocenters. The lowest BCUT2D eigenvalue weighted by atomic mass is 9.90. The molecule has 2 aromatic rings. The molecule has 0 saturated heterocycles. The Hall–Kier alpha value is -2.36. The van der Waals surface area contributed by atoms with E-state index in [0.717, 1.165) is 48.7 Å². The zero-order valence-electron chi connectivity index (χ0n) is 16.5. The number of methoxy groups -OCH3 is 4. The normalized spacial score (nSPS) is 11.7. The van der Waals surface area contributed by atoms with Gasteiger partial charge in [0.05, 0.1) is 28.4 Å². The quantitative estimate of drug-likeness (QED) is 0.582. The molecular formula is C22H30O4. The van der Waals surface area contributed by atoms with Gasteiger partial charge in [-0.3, -0.25) is 0 Å². The first-order valence-corrected chi connectivity index (χ1v) is 9.09. The zero-order valence-corrected chi connectivity index (χ0v) is 16.5. The molecule has 0 aliphatic heterocycles. The summed E-state index contributed by atoms with van der Waals surface area (Å²) in [6, 6.07) is 12.4. The summed E-state index contributed by atoms with van der Waals surface area (Å²) in [7, 11) is 6.68. The van der Waals surface area contributed by atoms with E-state index in [1.165, 1.54) is 11.1 Å². The predicted octanol–water partition coefficient (Wildman–Crippen LogP) is 5.24. The van der Waals surface area contributed by atoms with Gasteiger partial charge in [-0.25, -0.2) is 0 Å². The maximum absolute atomic E-state index is 5.44. The van der Waals surface area contributed by atoms with E-state index in [1.807, 2.05) is 12.1 Å². The first-order valence-electron chi connectivity index (χ1n) is 9.09. The highest BCUT2D eigenvalue weighted by atomic mass is 16.5. The summed E-state index contributed by atoms with van der Waals surface area (Å²) >= 11 is 0. The third-order valence-electron chi connectivity index (χ3n) is 4.84. The van der Waals surface area contributed by atoms with E-state index >= 15 is 0 Å². The molecule has 2 aromatic carbocycles. The second-order valence-corrected chi connectivity index (χ2v) is 6.30. The summed E-state index contributed by atoms with van der Waals surface area (Å²) in [5, 5.41) is 0. The maximum atomic E-state index is 5.44. The first kappa shape index (κ1) is 20.0. The minimum Gasteiger partial charge on any atom is -0.493 e. The molecule has 0 saturated carbocycles. The van der Waals surface area contributed by atoms with Gasteiger partial charge in [-0.1, -0.05) is 19.1 Å². The molecule has 4 nitrogen and oxygen atoms in total. The second-order valence-electron chi connectivity index (χ2n) is 6.30. The van der Waals surface area contributed by atoms with Crippen LogP contribution < -0.4 is 18.9 Å². The summed E-state index contributed by atoms with van der Waals surface area (Å²) in [4.78, 5) is 0. The number of hydrogen-bond acceptors (Lipinski definition) is 4. The van der Waals surface area contributed by atoms with Crippen molar-refractivity contribution in [2.75, 3.05) is 28.4 Å². The molecule has 0 fully saturated rings. The van der Waals surface area contributed by atoms with Crippen LogP contribution in [0, 0.1) is 0 Å². The van der Waals surface area contributed by atoms with E-state index in [1.54, 1.807) is 28.4 Å². The Balaban J connectivity index is 2.01. The number of aryl methyl sites for hydroxylation is 1. The molecule has 0 amide bonds. The predicted molar refractivity (Wildman–Crippen MR) is 105 cm³/mol. The lowest BCUT2D eigenvalue weighted by molar-refractivity contribution is 0.354. The Kier molecular flexibility index (Phi) is 7.64. The largest absolute Gasteiger partial charge is 0.493 e. The van der Waals surface area contributed by atoms with Gasteiger partial charge in [-0.15, -0.1) is 0 Å². The van der Waals surface area contributed by atoms with Crippen molar-refractivity contribution in [2.45, 2.75) is 38.5 Å². The first-order chi connectivity index (χ1) is 12.7. The van der Waals surface area contributed by atoms with E-state index in [4.69, 9.17) is 18.9 Å². The molecule has 26 heavy (non-hydrogen) atoms. The zero-order chi connectivity index (χ0) is 18.9. The van der Waals surface area contributed by atoms with Gasteiger partial charge in [0.15, 0.2) is 23.0 Å². The lowest BCUT2D eigenvalue weighted by Crippen LogP contribution is -2.01. The maximum Gasteiger partial charge on any atom is 0.160 e. The molecule has 0 aromatic heterocycles. The van der Waals surface area contributed by atoms with Gasteiger partial charge >= 0.3 is 0 Å². The molecule has 0 heterocycles. The van der Waals surface area contributed by atoms with Gasteiger partial charge < -0.3 is 18.9 Å². The summed E-state index contributed by atoms with van der Waals surface area (Å²) in [6.45, 7) is 2.23. The van der Waals surface area contributed by atoms with E-state index in [-0.39, 0.29) is 0 Å². The van der Waals surface area contributed by atoms with Crippen molar-refractivity contribution < 1.29 is 18.9 Å². The highest BCUT2D eigenvalue weighted by molar-refractivity contribution is 5.44. The van der Waals surface area contributed by atoms with Gasteiger partial charge in [-0.2, -0.15) is 0 Å². The van der Waals surface area contributed by atoms with Crippen LogP contribution in [0.2, 0.25) is 0 Å². The lowest BCUT2D eigenvalue weighted by Gasteiger charge is -2.18. The smallest absolute Gasteiger partial charge is 0.160 e. The van der Waals surface area contributed by atoms with Crippen LogP contribution in [-0.4, -0.2) is 28.4 Å². The molecule has 0 bridgehead atoms. The molecule has 0 spiro atoms. The van der Waals surface area contributed by atoms with E-state index < -0.39 is 0 Å². The topological polar surface area (TPSA) is 36.9 Å². The highest BCUT2D eigenvalue weighted by Gasteiger charge is 2.13. The van der Waals surface area contributed by atoms with Crippen LogP contribution in [0.1, 0.15) is 43.2 Å². The van der Waals surface area contributed by atoms with Crippen molar-refractivity contribution in [3.63, 3.8) is 0 Å². The van der Waals surface area contributed by atoms with Crippen LogP contribution in [0.25, 0.3) is 0 Å². The molecule has 2 rings (SSSR count). The molecule has 4 heteroatoms. The Morgan fingerprint density at radius 2 is 1.31 bits per heavy atom. The number of rotatable bonds is 10. The molecule has 1 unspecified atom stereocenters. The van der Waals surface area contributed by atoms with Crippen LogP contribution in [0.15, 0.2) is 36.4 Å². The third-order valence-corrected chi connectivity index (χ3v) is 4.84. The molecule has 0 radical (unpaired) electrons. The molecule has 0 aliphatic carbocycles. The number of hydrogen-bond donors (Lipinski definition) is 0. The Bertz CT molecular complexity index is 697. The van der Waals surface area contributed by atoms with Crippen molar-refractivity contribution in [3.05, 3.63) is 47.5 Å². The van der Waals surface area contributed by atoms with Crippen molar-refractivity contribution >= 4 is 0 Å². The second kappa shape index (κ2) is 9.95. The molecule has 0 N–H and O–H groups in total. The fourth-order valence-electron chi connectivity index (χ4n) is 3.30. The highest BCUT2D eigenvalue weighted by Crippen LogP contribution is 2.34. The van der Waals surface area contributed by atoms with Crippen LogP contribution in [0.4, 0.5) is 0 Å². The minimum atomic E-state index is 0.509. The fraction of sp³-hybridized carbons (Fsp3) is 0.455. The third kappa shape index (κ3) is 4.84. The summed E-state index contributed by atoms with van der Waals surface area (Å²) in [6.07, 6.45) is 4.36. The summed E-state index contributed by atoms with van der Waals surface area (Å²) in [5.41, 5.74) is 2.57. The summed E-state index contributed by atoms with van der Waals surface area (Å²) < 4.78 is 21.5. The van der Waals surface area contributed by atoms with E-state index in [0.29, 0.717) is 5.92 Å². The molecule has 142 valence electrons. The van der Waals surface area contributed by atoms with Crippen LogP contribution in [0.5, 0.6) is 23.0 Å². The molecule has 0 aliphatic rings. The van der Waals surface area contributed by atoms with Gasteiger partial charge in [0.1, 0.15) is 0 Å². The summed E-state index contributed by atoms with van der Waals surface area (Å²) in [5.74, 6) is 3.64. The molecular weight excluding hydrogens is 328 g/mol. The van der Waals surface area contributed by atoms with E-state index in [2.05, 4.69) is 31.2 Å². The fourth-order valence-corrected chi connectivity index (χ4v) is 3.30. The standard InChI is InChI=1S/C22H30O4/c1-6-17(18-11-13-20(24-3)22(15-18)26-5)9-7-8-16-10-12-19(23-2)21(14-16)25-4/h10-15,17H,6-9H2,1-5H3. The van der Waals surface area contributed by atoms with E-state index in [9.17, 15) is 0 Å². The van der Waals surface area contributed by atoms with Gasteiger partial charge in [-0.05, 0) is 67.0 Å². The monoisotopic (exact) mass is 358 g/mol. The Morgan fingerprint density at radius 3 is 1.88 bits per heavy atom. The average molecular weight is 358 g/mol. The van der Waals surface area contributed by atoms with Crippen molar-refractivity contribution in [2.24, 2.45) is 0 Å². The van der Waals surface area contributed by atoms with Crippen LogP contribution >= 0.6 is 0 Å². The number of ether oxygens (including phenoxy) is 4. The van der Waals surface area contributed by atoms with Crippen LogP contribution in [-0.2, 0) is 6.42 Å². The average Bonchev–Trinajstić information content (AvgIpc) is 2.70. The minimum absolute atomic E-state index is 0.509. The Labute approximate surface area is 157 Å². The Morgan fingerprint density at radius 1 is 0.731 bits per heavy atom. The van der Waals surface area contributed by atoms with Gasteiger partial charge in [0, 0.05) is 0 Å².